The van der Waals surface area contributed by atoms with Crippen molar-refractivity contribution in [2.45, 2.75) is 19.3 Å². The predicted molar refractivity (Wildman–Crippen MR) is 55.7 cm³/mol. The molecule has 1 saturated heterocycles. The molecule has 1 atom stereocenters. The van der Waals surface area contributed by atoms with Gasteiger partial charge in [0.15, 0.2) is 0 Å². The van der Waals surface area contributed by atoms with Crippen LogP contribution in [-0.4, -0.2) is 23.1 Å². The average Bonchev–Trinajstić information content (AvgIpc) is 2.67. The van der Waals surface area contributed by atoms with Crippen LogP contribution in [0.1, 0.15) is 18.5 Å². The molecule has 3 N–H and O–H groups in total. The van der Waals surface area contributed by atoms with Crippen LogP contribution < -0.4 is 11.1 Å². The van der Waals surface area contributed by atoms with E-state index in [1.165, 1.54) is 12.8 Å². The Balaban J connectivity index is 1.85. The van der Waals surface area contributed by atoms with Gasteiger partial charge in [0.2, 0.25) is 5.95 Å². The molecular weight excluding hydrogens is 176 g/mol. The van der Waals surface area contributed by atoms with Gasteiger partial charge in [0.1, 0.15) is 0 Å². The summed E-state index contributed by atoms with van der Waals surface area (Å²) < 4.78 is 0. The summed E-state index contributed by atoms with van der Waals surface area (Å²) in [4.78, 5) is 8.05. The molecule has 2 heterocycles. The third-order valence-electron chi connectivity index (χ3n) is 2.70. The standard InChI is InChI=1S/C10H16N4/c11-10-13-6-4-9(14-10)2-1-8-3-5-12-7-8/h4,6,8,12H,1-3,5,7H2,(H2,11,13,14). The van der Waals surface area contributed by atoms with E-state index in [1.54, 1.807) is 6.20 Å². The summed E-state index contributed by atoms with van der Waals surface area (Å²) in [6, 6.07) is 1.94. The monoisotopic (exact) mass is 192 g/mol. The molecule has 2 rings (SSSR count). The van der Waals surface area contributed by atoms with E-state index in [4.69, 9.17) is 5.73 Å². The van der Waals surface area contributed by atoms with E-state index in [1.807, 2.05) is 6.07 Å². The summed E-state index contributed by atoms with van der Waals surface area (Å²) >= 11 is 0. The predicted octanol–water partition coefficient (Wildman–Crippen LogP) is 0.601. The van der Waals surface area contributed by atoms with Gasteiger partial charge in [-0.25, -0.2) is 9.97 Å². The third kappa shape index (κ3) is 2.42. The second kappa shape index (κ2) is 4.37. The Kier molecular flexibility index (Phi) is 2.93. The van der Waals surface area contributed by atoms with Gasteiger partial charge >= 0.3 is 0 Å². The molecule has 4 heteroatoms. The largest absolute Gasteiger partial charge is 0.368 e. The molecule has 1 aliphatic heterocycles. The Bertz CT molecular complexity index is 294. The number of rotatable bonds is 3. The Morgan fingerprint density at radius 2 is 2.50 bits per heavy atom. The zero-order chi connectivity index (χ0) is 9.80. The summed E-state index contributed by atoms with van der Waals surface area (Å²) in [6.07, 6.45) is 5.23. The molecule has 0 spiro atoms. The summed E-state index contributed by atoms with van der Waals surface area (Å²) in [5.41, 5.74) is 6.57. The number of nitrogens with one attached hydrogen (secondary N) is 1. The van der Waals surface area contributed by atoms with Crippen LogP contribution in [-0.2, 0) is 6.42 Å². The number of hydrogen-bond donors (Lipinski definition) is 2. The molecule has 14 heavy (non-hydrogen) atoms. The van der Waals surface area contributed by atoms with Crippen LogP contribution in [0.25, 0.3) is 0 Å². The maximum absolute atomic E-state index is 5.51. The molecule has 0 radical (unpaired) electrons. The number of hydrogen-bond acceptors (Lipinski definition) is 4. The molecule has 76 valence electrons. The molecule has 0 bridgehead atoms. The summed E-state index contributed by atoms with van der Waals surface area (Å²) in [7, 11) is 0. The van der Waals surface area contributed by atoms with Crippen molar-refractivity contribution in [2.75, 3.05) is 18.8 Å². The molecular formula is C10H16N4. The number of nitrogens with zero attached hydrogens (tertiary/aromatic N) is 2. The fourth-order valence-corrected chi connectivity index (χ4v) is 1.87. The second-order valence-electron chi connectivity index (χ2n) is 3.80. The zero-order valence-electron chi connectivity index (χ0n) is 8.24. The van der Waals surface area contributed by atoms with Crippen molar-refractivity contribution in [3.63, 3.8) is 0 Å². The minimum Gasteiger partial charge on any atom is -0.368 e. The minimum atomic E-state index is 0.382. The summed E-state index contributed by atoms with van der Waals surface area (Å²) in [6.45, 7) is 2.32. The molecule has 1 aliphatic rings. The van der Waals surface area contributed by atoms with Gasteiger partial charge in [-0.05, 0) is 44.3 Å². The first kappa shape index (κ1) is 9.40. The van der Waals surface area contributed by atoms with E-state index in [0.717, 1.165) is 31.1 Å². The Morgan fingerprint density at radius 1 is 1.57 bits per heavy atom. The highest BCUT2D eigenvalue weighted by Crippen LogP contribution is 2.14. The van der Waals surface area contributed by atoms with Crippen molar-refractivity contribution in [2.24, 2.45) is 5.92 Å². The van der Waals surface area contributed by atoms with Crippen molar-refractivity contribution in [1.29, 1.82) is 0 Å². The number of nitrogens with two attached hydrogens (primary N) is 1. The average molecular weight is 192 g/mol. The molecule has 1 fully saturated rings. The lowest BCUT2D eigenvalue weighted by Crippen LogP contribution is -2.10. The number of nitrogen functional groups attached to an aromatic ring is 1. The molecule has 1 unspecified atom stereocenters. The Hall–Kier alpha value is -1.16. The first-order chi connectivity index (χ1) is 6.84. The maximum atomic E-state index is 5.51. The maximum Gasteiger partial charge on any atom is 0.220 e. The van der Waals surface area contributed by atoms with Gasteiger partial charge in [0, 0.05) is 11.9 Å². The molecule has 4 nitrogen and oxygen atoms in total. The third-order valence-corrected chi connectivity index (χ3v) is 2.70. The lowest BCUT2D eigenvalue weighted by molar-refractivity contribution is 0.529. The highest BCUT2D eigenvalue weighted by molar-refractivity contribution is 5.17. The highest BCUT2D eigenvalue weighted by Gasteiger charge is 2.14. The quantitative estimate of drug-likeness (QED) is 0.736. The number of aryl methyl sites for hydroxylation is 1. The molecule has 0 amide bonds. The molecule has 0 aliphatic carbocycles. The summed E-state index contributed by atoms with van der Waals surface area (Å²) in [5.74, 6) is 1.19. The van der Waals surface area contributed by atoms with Crippen molar-refractivity contribution in [1.82, 2.24) is 15.3 Å². The van der Waals surface area contributed by atoms with Crippen LogP contribution in [0.4, 0.5) is 5.95 Å². The van der Waals surface area contributed by atoms with E-state index in [0.29, 0.717) is 5.95 Å². The van der Waals surface area contributed by atoms with E-state index < -0.39 is 0 Å². The first-order valence-corrected chi connectivity index (χ1v) is 5.13. The van der Waals surface area contributed by atoms with Crippen LogP contribution in [0.15, 0.2) is 12.3 Å². The van der Waals surface area contributed by atoms with E-state index in [2.05, 4.69) is 15.3 Å². The Morgan fingerprint density at radius 3 is 3.21 bits per heavy atom. The Labute approximate surface area is 83.9 Å². The van der Waals surface area contributed by atoms with Gasteiger partial charge in [-0.2, -0.15) is 0 Å². The van der Waals surface area contributed by atoms with Gasteiger partial charge in [0.25, 0.3) is 0 Å². The minimum absolute atomic E-state index is 0.382. The van der Waals surface area contributed by atoms with Gasteiger partial charge < -0.3 is 11.1 Å². The van der Waals surface area contributed by atoms with Crippen molar-refractivity contribution in [3.05, 3.63) is 18.0 Å². The fraction of sp³-hybridized carbons (Fsp3) is 0.600. The van der Waals surface area contributed by atoms with Gasteiger partial charge in [0.05, 0.1) is 0 Å². The second-order valence-corrected chi connectivity index (χ2v) is 3.80. The normalized spacial score (nSPS) is 21.3. The van der Waals surface area contributed by atoms with Crippen LogP contribution in [0.2, 0.25) is 0 Å². The topological polar surface area (TPSA) is 63.8 Å². The number of anilines is 1. The van der Waals surface area contributed by atoms with Crippen LogP contribution in [0.3, 0.4) is 0 Å². The van der Waals surface area contributed by atoms with Crippen LogP contribution in [0.5, 0.6) is 0 Å². The fourth-order valence-electron chi connectivity index (χ4n) is 1.87. The first-order valence-electron chi connectivity index (χ1n) is 5.13. The number of aromatic nitrogens is 2. The SMILES string of the molecule is Nc1nccc(CCC2CCNC2)n1. The summed E-state index contributed by atoms with van der Waals surface area (Å²) in [5, 5.41) is 3.36. The molecule has 1 aromatic heterocycles. The molecule has 0 saturated carbocycles. The van der Waals surface area contributed by atoms with Gasteiger partial charge in [-0.3, -0.25) is 0 Å². The van der Waals surface area contributed by atoms with E-state index in [-0.39, 0.29) is 0 Å². The van der Waals surface area contributed by atoms with E-state index >= 15 is 0 Å². The van der Waals surface area contributed by atoms with Crippen LogP contribution >= 0.6 is 0 Å². The molecule has 0 aromatic carbocycles. The van der Waals surface area contributed by atoms with Crippen molar-refractivity contribution < 1.29 is 0 Å². The highest BCUT2D eigenvalue weighted by atomic mass is 15.0. The lowest BCUT2D eigenvalue weighted by Gasteiger charge is -2.06. The smallest absolute Gasteiger partial charge is 0.220 e. The van der Waals surface area contributed by atoms with Crippen molar-refractivity contribution >= 4 is 5.95 Å². The zero-order valence-corrected chi connectivity index (χ0v) is 8.24. The van der Waals surface area contributed by atoms with E-state index in [9.17, 15) is 0 Å². The van der Waals surface area contributed by atoms with Gasteiger partial charge in [-0.1, -0.05) is 0 Å². The van der Waals surface area contributed by atoms with Crippen LogP contribution in [0, 0.1) is 5.92 Å². The molecule has 1 aromatic rings. The van der Waals surface area contributed by atoms with Gasteiger partial charge in [-0.15, -0.1) is 0 Å². The lowest BCUT2D eigenvalue weighted by atomic mass is 10.0. The van der Waals surface area contributed by atoms with Crippen molar-refractivity contribution in [3.8, 4) is 0 Å².